The Labute approximate surface area is 135 Å². The maximum Gasteiger partial charge on any atom is 0.363 e. The molecule has 0 amide bonds. The van der Waals surface area contributed by atoms with E-state index in [0.717, 1.165) is 0 Å². The minimum absolute atomic E-state index is 0.00530. The molecule has 0 saturated heterocycles. The Morgan fingerprint density at radius 2 is 1.96 bits per heavy atom. The summed E-state index contributed by atoms with van der Waals surface area (Å²) in [6.45, 7) is 0. The van der Waals surface area contributed by atoms with Crippen LogP contribution in [0.5, 0.6) is 0 Å². The molecule has 0 saturated carbocycles. The van der Waals surface area contributed by atoms with Crippen LogP contribution >= 0.6 is 11.6 Å². The lowest BCUT2D eigenvalue weighted by Crippen LogP contribution is -2.05. The van der Waals surface area contributed by atoms with E-state index in [9.17, 15) is 14.9 Å². The van der Waals surface area contributed by atoms with Gasteiger partial charge in [-0.1, -0.05) is 29.8 Å². The highest BCUT2D eigenvalue weighted by atomic mass is 35.5. The lowest BCUT2D eigenvalue weighted by atomic mass is 10.1. The number of nitro groups is 1. The Kier molecular flexibility index (Phi) is 3.91. The quantitative estimate of drug-likeness (QED) is 0.373. The number of rotatable bonds is 3. The van der Waals surface area contributed by atoms with E-state index in [2.05, 4.69) is 4.99 Å². The van der Waals surface area contributed by atoms with E-state index in [1.807, 2.05) is 0 Å². The van der Waals surface area contributed by atoms with E-state index in [1.165, 1.54) is 18.2 Å². The molecule has 0 unspecified atom stereocenters. The van der Waals surface area contributed by atoms with E-state index in [4.69, 9.17) is 16.3 Å². The van der Waals surface area contributed by atoms with Gasteiger partial charge < -0.3 is 4.74 Å². The van der Waals surface area contributed by atoms with Gasteiger partial charge in [-0.15, -0.1) is 0 Å². The molecule has 1 aliphatic rings. The second-order valence-electron chi connectivity index (χ2n) is 4.66. The molecule has 0 aromatic heterocycles. The summed E-state index contributed by atoms with van der Waals surface area (Å²) in [5.74, 6) is -0.555. The van der Waals surface area contributed by atoms with Gasteiger partial charge in [0.1, 0.15) is 0 Å². The zero-order valence-corrected chi connectivity index (χ0v) is 12.4. The van der Waals surface area contributed by atoms with Crippen molar-refractivity contribution in [2.24, 2.45) is 4.99 Å². The second kappa shape index (κ2) is 6.02. The summed E-state index contributed by atoms with van der Waals surface area (Å²) in [5, 5.41) is 11.5. The first kappa shape index (κ1) is 14.9. The van der Waals surface area contributed by atoms with Crippen molar-refractivity contribution in [3.8, 4) is 0 Å². The van der Waals surface area contributed by atoms with Crippen molar-refractivity contribution in [3.63, 3.8) is 0 Å². The Morgan fingerprint density at radius 1 is 1.17 bits per heavy atom. The molecule has 2 aromatic carbocycles. The van der Waals surface area contributed by atoms with Gasteiger partial charge in [-0.2, -0.15) is 0 Å². The standard InChI is InChI=1S/C16H9ClN2O4/c17-12-6-3-5-11(8-12)15-18-13(16(20)23-15)9-10-4-1-2-7-14(10)19(21)22/h1-9H/b13-9-. The van der Waals surface area contributed by atoms with Crippen LogP contribution in [0, 0.1) is 10.1 Å². The zero-order chi connectivity index (χ0) is 16.4. The van der Waals surface area contributed by atoms with Gasteiger partial charge in [0.05, 0.1) is 10.5 Å². The van der Waals surface area contributed by atoms with Crippen molar-refractivity contribution in [3.05, 3.63) is 80.5 Å². The normalized spacial score (nSPS) is 15.4. The zero-order valence-electron chi connectivity index (χ0n) is 11.6. The van der Waals surface area contributed by atoms with Crippen LogP contribution in [0.25, 0.3) is 6.08 Å². The monoisotopic (exact) mass is 328 g/mol. The van der Waals surface area contributed by atoms with Crippen molar-refractivity contribution in [2.45, 2.75) is 0 Å². The predicted molar refractivity (Wildman–Crippen MR) is 85.2 cm³/mol. The van der Waals surface area contributed by atoms with Crippen LogP contribution in [-0.2, 0) is 9.53 Å². The third-order valence-corrected chi connectivity index (χ3v) is 3.35. The molecule has 0 aliphatic carbocycles. The molecule has 3 rings (SSSR count). The Morgan fingerprint density at radius 3 is 2.70 bits per heavy atom. The van der Waals surface area contributed by atoms with Crippen LogP contribution in [0.4, 0.5) is 5.69 Å². The molecule has 0 bridgehead atoms. The molecule has 0 N–H and O–H groups in total. The smallest absolute Gasteiger partial charge is 0.363 e. The Balaban J connectivity index is 2.01. The first-order valence-corrected chi connectivity index (χ1v) is 6.94. The molecular formula is C16H9ClN2O4. The second-order valence-corrected chi connectivity index (χ2v) is 5.10. The molecule has 114 valence electrons. The number of para-hydroxylation sites is 1. The van der Waals surface area contributed by atoms with Gasteiger partial charge in [-0.25, -0.2) is 9.79 Å². The van der Waals surface area contributed by atoms with Crippen molar-refractivity contribution in [1.82, 2.24) is 0 Å². The number of hydrogen-bond acceptors (Lipinski definition) is 5. The number of ether oxygens (including phenoxy) is 1. The number of nitro benzene ring substituents is 1. The molecule has 0 fully saturated rings. The molecular weight excluding hydrogens is 320 g/mol. The Bertz CT molecular complexity index is 874. The van der Waals surface area contributed by atoms with Crippen LogP contribution in [0.2, 0.25) is 5.02 Å². The van der Waals surface area contributed by atoms with Crippen molar-refractivity contribution >= 4 is 35.2 Å². The highest BCUT2D eigenvalue weighted by Gasteiger charge is 2.25. The van der Waals surface area contributed by atoms with Gasteiger partial charge in [0.15, 0.2) is 5.70 Å². The fourth-order valence-electron chi connectivity index (χ4n) is 2.08. The van der Waals surface area contributed by atoms with Gasteiger partial charge in [0.2, 0.25) is 5.90 Å². The summed E-state index contributed by atoms with van der Waals surface area (Å²) in [7, 11) is 0. The van der Waals surface area contributed by atoms with Gasteiger partial charge in [0.25, 0.3) is 5.69 Å². The molecule has 2 aromatic rings. The highest BCUT2D eigenvalue weighted by Crippen LogP contribution is 2.25. The predicted octanol–water partition coefficient (Wildman–Crippen LogP) is 3.59. The summed E-state index contributed by atoms with van der Waals surface area (Å²) < 4.78 is 5.10. The van der Waals surface area contributed by atoms with Crippen LogP contribution < -0.4 is 0 Å². The number of cyclic esters (lactones) is 1. The molecule has 23 heavy (non-hydrogen) atoms. The van der Waals surface area contributed by atoms with E-state index in [-0.39, 0.29) is 22.8 Å². The van der Waals surface area contributed by atoms with Crippen LogP contribution in [-0.4, -0.2) is 16.8 Å². The number of aliphatic imine (C=N–C) groups is 1. The lowest BCUT2D eigenvalue weighted by molar-refractivity contribution is -0.385. The fourth-order valence-corrected chi connectivity index (χ4v) is 2.27. The fraction of sp³-hybridized carbons (Fsp3) is 0. The maximum absolute atomic E-state index is 11.9. The van der Waals surface area contributed by atoms with E-state index < -0.39 is 10.9 Å². The summed E-state index contributed by atoms with van der Waals surface area (Å²) >= 11 is 5.90. The molecule has 7 heteroatoms. The van der Waals surface area contributed by atoms with Crippen LogP contribution in [0.15, 0.2) is 59.2 Å². The Hall–Kier alpha value is -2.99. The minimum Gasteiger partial charge on any atom is -0.402 e. The number of benzene rings is 2. The summed E-state index contributed by atoms with van der Waals surface area (Å²) in [6.07, 6.45) is 1.33. The van der Waals surface area contributed by atoms with Crippen molar-refractivity contribution in [2.75, 3.05) is 0 Å². The van der Waals surface area contributed by atoms with Gasteiger partial charge in [-0.3, -0.25) is 10.1 Å². The molecule has 6 nitrogen and oxygen atoms in total. The van der Waals surface area contributed by atoms with Crippen molar-refractivity contribution < 1.29 is 14.5 Å². The minimum atomic E-state index is -0.668. The molecule has 0 spiro atoms. The number of carbonyl (C=O) groups excluding carboxylic acids is 1. The molecule has 1 heterocycles. The first-order chi connectivity index (χ1) is 11.0. The first-order valence-electron chi connectivity index (χ1n) is 6.56. The topological polar surface area (TPSA) is 81.8 Å². The van der Waals surface area contributed by atoms with Gasteiger partial charge in [-0.05, 0) is 30.3 Å². The maximum atomic E-state index is 11.9. The molecule has 1 aliphatic heterocycles. The number of halogens is 1. The lowest BCUT2D eigenvalue weighted by Gasteiger charge is -1.99. The third-order valence-electron chi connectivity index (χ3n) is 3.12. The van der Waals surface area contributed by atoms with Gasteiger partial charge in [0, 0.05) is 16.7 Å². The van der Waals surface area contributed by atoms with Gasteiger partial charge >= 0.3 is 5.97 Å². The molecule has 0 atom stereocenters. The SMILES string of the molecule is O=C1OC(c2cccc(Cl)c2)=N/C1=C\c1ccccc1[N+](=O)[O-]. The summed E-state index contributed by atoms with van der Waals surface area (Å²) in [4.78, 5) is 26.5. The van der Waals surface area contributed by atoms with E-state index in [1.54, 1.807) is 36.4 Å². The average Bonchev–Trinajstić information content (AvgIpc) is 2.89. The van der Waals surface area contributed by atoms with E-state index in [0.29, 0.717) is 10.6 Å². The average molecular weight is 329 g/mol. The molecule has 0 radical (unpaired) electrons. The van der Waals surface area contributed by atoms with E-state index >= 15 is 0 Å². The number of esters is 1. The number of nitrogens with zero attached hydrogens (tertiary/aromatic N) is 2. The largest absolute Gasteiger partial charge is 0.402 e. The summed E-state index contributed by atoms with van der Waals surface area (Å²) in [5.41, 5.74) is 0.714. The van der Waals surface area contributed by atoms with Crippen LogP contribution in [0.3, 0.4) is 0 Å². The summed E-state index contributed by atoms with van der Waals surface area (Å²) in [6, 6.07) is 12.8. The third kappa shape index (κ3) is 3.12. The number of carbonyl (C=O) groups is 1. The van der Waals surface area contributed by atoms with Crippen LogP contribution in [0.1, 0.15) is 11.1 Å². The number of hydrogen-bond donors (Lipinski definition) is 0. The highest BCUT2D eigenvalue weighted by molar-refractivity contribution is 6.31. The van der Waals surface area contributed by atoms with Crippen molar-refractivity contribution in [1.29, 1.82) is 0 Å².